The van der Waals surface area contributed by atoms with Crippen LogP contribution in [0.3, 0.4) is 0 Å². The normalized spacial score (nSPS) is 9.82. The van der Waals surface area contributed by atoms with Crippen molar-refractivity contribution in [3.8, 4) is 0 Å². The summed E-state index contributed by atoms with van der Waals surface area (Å²) in [4.78, 5) is 12.0. The first-order valence-corrected chi connectivity index (χ1v) is 11.1. The van der Waals surface area contributed by atoms with Gasteiger partial charge < -0.3 is 32.7 Å². The Bertz CT molecular complexity index is 862. The monoisotopic (exact) mass is 482 g/mol. The number of para-hydroxylation sites is 2. The van der Waals surface area contributed by atoms with Crippen LogP contribution in [0, 0.1) is 0 Å². The van der Waals surface area contributed by atoms with E-state index in [1.165, 1.54) is 11.4 Å². The van der Waals surface area contributed by atoms with Gasteiger partial charge in [0.05, 0.1) is 13.1 Å². The zero-order valence-corrected chi connectivity index (χ0v) is 19.6. The average molecular weight is 483 g/mol. The van der Waals surface area contributed by atoms with Crippen LogP contribution in [-0.2, 0) is 10.4 Å². The van der Waals surface area contributed by atoms with E-state index in [0.29, 0.717) is 13.1 Å². The second kappa shape index (κ2) is 16.1. The van der Waals surface area contributed by atoms with Crippen LogP contribution in [-0.4, -0.2) is 69.7 Å². The lowest BCUT2D eigenvalue weighted by Crippen LogP contribution is -2.26. The maximum Gasteiger partial charge on any atom is 0.394 e. The van der Waals surface area contributed by atoms with Gasteiger partial charge in [0, 0.05) is 38.6 Å². The topological polar surface area (TPSA) is 210 Å². The molecule has 0 aliphatic rings. The second-order valence-corrected chi connectivity index (χ2v) is 7.47. The summed E-state index contributed by atoms with van der Waals surface area (Å²) in [5, 5.41) is 0. The molecule has 0 amide bonds. The summed E-state index contributed by atoms with van der Waals surface area (Å²) < 4.78 is 31.6. The molecular weight excluding hydrogens is 448 g/mol. The summed E-state index contributed by atoms with van der Waals surface area (Å²) in [5.41, 5.74) is 23.2. The molecule has 0 aliphatic heterocycles. The minimum atomic E-state index is -4.67. The van der Waals surface area contributed by atoms with E-state index in [9.17, 15) is 0 Å². The van der Waals surface area contributed by atoms with Gasteiger partial charge in [0.1, 0.15) is 0 Å². The number of guanidine groups is 2. The van der Waals surface area contributed by atoms with Crippen molar-refractivity contribution in [2.45, 2.75) is 0 Å². The van der Waals surface area contributed by atoms with Gasteiger partial charge in [0.2, 0.25) is 0 Å². The van der Waals surface area contributed by atoms with Gasteiger partial charge in [-0.05, 0) is 24.3 Å². The SMILES string of the molecule is CN(CCN=C(N)N)c1ccccc1.CN(CCN=C(N)N)c1ccccc1.O=S(=O)(O)O. The van der Waals surface area contributed by atoms with Crippen molar-refractivity contribution in [2.75, 3.05) is 50.1 Å². The maximum absolute atomic E-state index is 8.74. The third-order valence-corrected chi connectivity index (χ3v) is 3.85. The molecule has 0 spiro atoms. The molecular formula is C20H34N8O4S. The number of nitrogens with two attached hydrogens (primary N) is 4. The van der Waals surface area contributed by atoms with Crippen LogP contribution >= 0.6 is 0 Å². The van der Waals surface area contributed by atoms with E-state index in [2.05, 4.69) is 44.1 Å². The fraction of sp³-hybridized carbons (Fsp3) is 0.300. The number of hydrogen-bond acceptors (Lipinski definition) is 6. The number of aliphatic imine (C=N–C) groups is 2. The summed E-state index contributed by atoms with van der Waals surface area (Å²) in [5.74, 6) is 0.290. The van der Waals surface area contributed by atoms with E-state index >= 15 is 0 Å². The van der Waals surface area contributed by atoms with Gasteiger partial charge in [-0.3, -0.25) is 19.1 Å². The molecule has 0 aliphatic carbocycles. The van der Waals surface area contributed by atoms with E-state index in [1.54, 1.807) is 0 Å². The lowest BCUT2D eigenvalue weighted by atomic mass is 10.3. The highest BCUT2D eigenvalue weighted by Gasteiger charge is 1.98. The first-order valence-electron chi connectivity index (χ1n) is 9.73. The predicted octanol–water partition coefficient (Wildman–Crippen LogP) is 0.140. The fourth-order valence-electron chi connectivity index (χ4n) is 2.28. The maximum atomic E-state index is 8.74. The highest BCUT2D eigenvalue weighted by atomic mass is 32.3. The zero-order chi connectivity index (χ0) is 25.3. The molecule has 0 saturated carbocycles. The Kier molecular flexibility index (Phi) is 14.4. The van der Waals surface area contributed by atoms with Crippen molar-refractivity contribution in [2.24, 2.45) is 32.9 Å². The van der Waals surface area contributed by atoms with Crippen molar-refractivity contribution >= 4 is 33.7 Å². The van der Waals surface area contributed by atoms with Crippen LogP contribution in [0.4, 0.5) is 11.4 Å². The molecule has 0 saturated heterocycles. The Hall–Kier alpha value is -3.55. The summed E-state index contributed by atoms with van der Waals surface area (Å²) in [6.07, 6.45) is 0. The Morgan fingerprint density at radius 2 is 1.00 bits per heavy atom. The van der Waals surface area contributed by atoms with Crippen LogP contribution in [0.25, 0.3) is 0 Å². The fourth-order valence-corrected chi connectivity index (χ4v) is 2.28. The van der Waals surface area contributed by atoms with Gasteiger partial charge >= 0.3 is 10.4 Å². The smallest absolute Gasteiger partial charge is 0.373 e. The second-order valence-electron chi connectivity index (χ2n) is 6.58. The summed E-state index contributed by atoms with van der Waals surface area (Å²) >= 11 is 0. The quantitative estimate of drug-likeness (QED) is 0.170. The standard InChI is InChI=1S/2C10H16N4.H2O4S/c2*1-14(8-7-13-10(11)12)9-5-3-2-4-6-9;1-5(2,3)4/h2*2-6H,7-8H2,1H3,(H4,11,12,13);(H2,1,2,3,4). The number of rotatable bonds is 8. The number of anilines is 2. The number of nitrogens with zero attached hydrogens (tertiary/aromatic N) is 4. The lowest BCUT2D eigenvalue weighted by molar-refractivity contribution is 0.381. The number of hydrogen-bond donors (Lipinski definition) is 6. The Morgan fingerprint density at radius 1 is 0.727 bits per heavy atom. The van der Waals surface area contributed by atoms with Crippen LogP contribution in [0.2, 0.25) is 0 Å². The molecule has 2 aromatic rings. The summed E-state index contributed by atoms with van der Waals surface area (Å²) in [7, 11) is -0.644. The van der Waals surface area contributed by atoms with Gasteiger partial charge in [0.25, 0.3) is 0 Å². The van der Waals surface area contributed by atoms with Crippen LogP contribution in [0.15, 0.2) is 70.6 Å². The van der Waals surface area contributed by atoms with Crippen molar-refractivity contribution in [3.05, 3.63) is 60.7 Å². The lowest BCUT2D eigenvalue weighted by Gasteiger charge is -2.17. The highest BCUT2D eigenvalue weighted by molar-refractivity contribution is 7.79. The van der Waals surface area contributed by atoms with Gasteiger partial charge in [-0.2, -0.15) is 8.42 Å². The Balaban J connectivity index is 0.000000517. The average Bonchev–Trinajstić information content (AvgIpc) is 2.73. The molecule has 2 aromatic carbocycles. The zero-order valence-electron chi connectivity index (χ0n) is 18.8. The molecule has 10 N–H and O–H groups in total. The van der Waals surface area contributed by atoms with Gasteiger partial charge in [-0.1, -0.05) is 36.4 Å². The van der Waals surface area contributed by atoms with Crippen molar-refractivity contribution in [3.63, 3.8) is 0 Å². The van der Waals surface area contributed by atoms with E-state index in [4.69, 9.17) is 40.5 Å². The van der Waals surface area contributed by atoms with Crippen LogP contribution < -0.4 is 32.7 Å². The highest BCUT2D eigenvalue weighted by Crippen LogP contribution is 2.10. The molecule has 0 unspecified atom stereocenters. The van der Waals surface area contributed by atoms with Crippen LogP contribution in [0.5, 0.6) is 0 Å². The molecule has 33 heavy (non-hydrogen) atoms. The largest absolute Gasteiger partial charge is 0.394 e. The molecule has 13 heteroatoms. The molecule has 0 bridgehead atoms. The van der Waals surface area contributed by atoms with Gasteiger partial charge in [-0.15, -0.1) is 0 Å². The van der Waals surface area contributed by atoms with E-state index < -0.39 is 10.4 Å². The number of likely N-dealkylation sites (N-methyl/N-ethyl adjacent to an activating group) is 2. The minimum absolute atomic E-state index is 0.145. The molecule has 0 fully saturated rings. The van der Waals surface area contributed by atoms with E-state index in [-0.39, 0.29) is 11.9 Å². The third kappa shape index (κ3) is 18.9. The van der Waals surface area contributed by atoms with Gasteiger partial charge in [-0.25, -0.2) is 0 Å². The van der Waals surface area contributed by atoms with Crippen molar-refractivity contribution in [1.82, 2.24) is 0 Å². The summed E-state index contributed by atoms with van der Waals surface area (Å²) in [6.45, 7) is 2.85. The Labute approximate surface area is 195 Å². The molecule has 184 valence electrons. The molecule has 0 radical (unpaired) electrons. The summed E-state index contributed by atoms with van der Waals surface area (Å²) in [6, 6.07) is 20.2. The van der Waals surface area contributed by atoms with E-state index in [0.717, 1.165) is 13.1 Å². The predicted molar refractivity (Wildman–Crippen MR) is 135 cm³/mol. The first-order chi connectivity index (χ1) is 15.4. The van der Waals surface area contributed by atoms with E-state index in [1.807, 2.05) is 50.5 Å². The first kappa shape index (κ1) is 29.5. The van der Waals surface area contributed by atoms with Crippen molar-refractivity contribution < 1.29 is 17.5 Å². The molecule has 0 atom stereocenters. The minimum Gasteiger partial charge on any atom is -0.373 e. The number of benzene rings is 2. The molecule has 0 heterocycles. The molecule has 12 nitrogen and oxygen atoms in total. The van der Waals surface area contributed by atoms with Gasteiger partial charge in [0.15, 0.2) is 11.9 Å². The molecule has 2 rings (SSSR count). The van der Waals surface area contributed by atoms with Crippen LogP contribution in [0.1, 0.15) is 0 Å². The van der Waals surface area contributed by atoms with Crippen molar-refractivity contribution in [1.29, 1.82) is 0 Å². The Morgan fingerprint density at radius 3 is 1.24 bits per heavy atom. The molecule has 0 aromatic heterocycles. The third-order valence-electron chi connectivity index (χ3n) is 3.85.